The SMILES string of the molecule is COc1nc(-c2cccc(-c3cccc(-n4cc5cc(C=O)cnc5n4)c3Cl)c2Cl)ccc1CNCC1CCC(=O)N1. The Morgan fingerprint density at radius 3 is 2.64 bits per heavy atom. The molecule has 1 amide bonds. The van der Waals surface area contributed by atoms with Gasteiger partial charge in [0.05, 0.1) is 28.5 Å². The van der Waals surface area contributed by atoms with Crippen LogP contribution in [0.15, 0.2) is 67.0 Å². The first kappa shape index (κ1) is 27.8. The maximum Gasteiger partial charge on any atom is 0.220 e. The Kier molecular flexibility index (Phi) is 7.88. The summed E-state index contributed by atoms with van der Waals surface area (Å²) in [4.78, 5) is 31.6. The summed E-state index contributed by atoms with van der Waals surface area (Å²) in [6.45, 7) is 1.22. The van der Waals surface area contributed by atoms with E-state index in [4.69, 9.17) is 32.9 Å². The van der Waals surface area contributed by atoms with Crippen LogP contribution in [0.4, 0.5) is 0 Å². The topological polar surface area (TPSA) is 111 Å². The van der Waals surface area contributed by atoms with Gasteiger partial charge in [0.1, 0.15) is 0 Å². The normalized spacial score (nSPS) is 14.7. The highest BCUT2D eigenvalue weighted by molar-refractivity contribution is 6.39. The lowest BCUT2D eigenvalue weighted by Crippen LogP contribution is -2.35. The zero-order chi connectivity index (χ0) is 29.2. The second kappa shape index (κ2) is 11.9. The van der Waals surface area contributed by atoms with E-state index in [9.17, 15) is 9.59 Å². The lowest BCUT2D eigenvalue weighted by atomic mass is 10.00. The molecule has 2 aromatic carbocycles. The van der Waals surface area contributed by atoms with Gasteiger partial charge in [0.25, 0.3) is 0 Å². The van der Waals surface area contributed by atoms with Crippen LogP contribution in [0.3, 0.4) is 0 Å². The van der Waals surface area contributed by atoms with Gasteiger partial charge in [0.2, 0.25) is 11.8 Å². The van der Waals surface area contributed by atoms with Gasteiger partial charge in [-0.1, -0.05) is 59.6 Å². The fraction of sp³-hybridized carbons (Fsp3) is 0.194. The molecule has 5 aromatic rings. The van der Waals surface area contributed by atoms with Crippen LogP contribution in [0.5, 0.6) is 5.88 Å². The van der Waals surface area contributed by atoms with Gasteiger partial charge in [-0.3, -0.25) is 9.59 Å². The Hall–Kier alpha value is -4.31. The van der Waals surface area contributed by atoms with Crippen LogP contribution in [0.25, 0.3) is 39.1 Å². The molecule has 0 bridgehead atoms. The van der Waals surface area contributed by atoms with Crippen LogP contribution in [-0.4, -0.2) is 51.6 Å². The molecule has 4 heterocycles. The first-order valence-corrected chi connectivity index (χ1v) is 14.1. The number of amides is 1. The molecule has 42 heavy (non-hydrogen) atoms. The minimum Gasteiger partial charge on any atom is -0.481 e. The van der Waals surface area contributed by atoms with Gasteiger partial charge in [-0.2, -0.15) is 0 Å². The van der Waals surface area contributed by atoms with Crippen molar-refractivity contribution in [2.75, 3.05) is 13.7 Å². The van der Waals surface area contributed by atoms with Crippen LogP contribution >= 0.6 is 23.2 Å². The number of pyridine rings is 2. The third-order valence-electron chi connectivity index (χ3n) is 7.23. The Labute approximate surface area is 251 Å². The fourth-order valence-corrected chi connectivity index (χ4v) is 5.74. The van der Waals surface area contributed by atoms with Crippen LogP contribution in [-0.2, 0) is 11.3 Å². The number of fused-ring (bicyclic) bond motifs is 1. The smallest absolute Gasteiger partial charge is 0.220 e. The molecule has 11 heteroatoms. The van der Waals surface area contributed by atoms with Gasteiger partial charge in [-0.15, -0.1) is 5.10 Å². The van der Waals surface area contributed by atoms with E-state index in [1.807, 2.05) is 48.5 Å². The van der Waals surface area contributed by atoms with Crippen molar-refractivity contribution >= 4 is 46.4 Å². The van der Waals surface area contributed by atoms with Crippen LogP contribution < -0.4 is 15.4 Å². The largest absolute Gasteiger partial charge is 0.481 e. The molecule has 0 radical (unpaired) electrons. The average Bonchev–Trinajstić information content (AvgIpc) is 3.63. The highest BCUT2D eigenvalue weighted by Gasteiger charge is 2.21. The van der Waals surface area contributed by atoms with E-state index in [0.717, 1.165) is 40.3 Å². The third-order valence-corrected chi connectivity index (χ3v) is 8.03. The number of benzene rings is 2. The molecule has 9 nitrogen and oxygen atoms in total. The number of hydrogen-bond acceptors (Lipinski definition) is 7. The van der Waals surface area contributed by atoms with Crippen molar-refractivity contribution in [3.63, 3.8) is 0 Å². The summed E-state index contributed by atoms with van der Waals surface area (Å²) in [6, 6.07) is 17.1. The van der Waals surface area contributed by atoms with Gasteiger partial charge < -0.3 is 15.4 Å². The molecule has 1 saturated heterocycles. The van der Waals surface area contributed by atoms with Crippen molar-refractivity contribution in [3.05, 3.63) is 88.2 Å². The number of hydrogen-bond donors (Lipinski definition) is 2. The Morgan fingerprint density at radius 2 is 1.88 bits per heavy atom. The van der Waals surface area contributed by atoms with Crippen LogP contribution in [0.2, 0.25) is 10.0 Å². The number of carbonyl (C=O) groups is 2. The van der Waals surface area contributed by atoms with E-state index in [-0.39, 0.29) is 11.9 Å². The van der Waals surface area contributed by atoms with E-state index < -0.39 is 0 Å². The predicted octanol–water partition coefficient (Wildman–Crippen LogP) is 5.65. The summed E-state index contributed by atoms with van der Waals surface area (Å²) in [5.41, 5.74) is 5.39. The maximum atomic E-state index is 11.5. The number of halogens is 2. The Balaban J connectivity index is 1.29. The quantitative estimate of drug-likeness (QED) is 0.210. The molecule has 0 spiro atoms. The van der Waals surface area contributed by atoms with Crippen molar-refractivity contribution in [2.45, 2.75) is 25.4 Å². The van der Waals surface area contributed by atoms with Crippen molar-refractivity contribution in [3.8, 4) is 34.0 Å². The summed E-state index contributed by atoms with van der Waals surface area (Å²) in [6.07, 6.45) is 5.43. The second-order valence-corrected chi connectivity index (χ2v) is 10.7. The average molecular weight is 601 g/mol. The van der Waals surface area contributed by atoms with Crippen molar-refractivity contribution in [2.24, 2.45) is 0 Å². The van der Waals surface area contributed by atoms with Crippen LogP contribution in [0, 0.1) is 0 Å². The number of methoxy groups -OCH3 is 1. The molecule has 1 aliphatic rings. The van der Waals surface area contributed by atoms with Gasteiger partial charge in [0.15, 0.2) is 11.9 Å². The summed E-state index contributed by atoms with van der Waals surface area (Å²) in [5.74, 6) is 0.591. The van der Waals surface area contributed by atoms with Crippen molar-refractivity contribution < 1.29 is 14.3 Å². The minimum atomic E-state index is 0.0963. The van der Waals surface area contributed by atoms with Gasteiger partial charge in [0, 0.05) is 71.1 Å². The summed E-state index contributed by atoms with van der Waals surface area (Å²) in [5, 5.41) is 12.6. The van der Waals surface area contributed by atoms with E-state index in [1.54, 1.807) is 24.1 Å². The minimum absolute atomic E-state index is 0.0963. The lowest BCUT2D eigenvalue weighted by Gasteiger charge is -2.15. The zero-order valence-electron chi connectivity index (χ0n) is 22.6. The number of carbonyl (C=O) groups excluding carboxylic acids is 2. The van der Waals surface area contributed by atoms with E-state index in [1.165, 1.54) is 6.20 Å². The van der Waals surface area contributed by atoms with Gasteiger partial charge in [-0.05, 0) is 24.6 Å². The Morgan fingerprint density at radius 1 is 1.10 bits per heavy atom. The summed E-state index contributed by atoms with van der Waals surface area (Å²) < 4.78 is 7.25. The molecule has 1 atom stereocenters. The number of aldehydes is 1. The monoisotopic (exact) mass is 600 g/mol. The van der Waals surface area contributed by atoms with Gasteiger partial charge in [-0.25, -0.2) is 14.6 Å². The number of rotatable bonds is 9. The molecule has 1 aliphatic heterocycles. The molecule has 6 rings (SSSR count). The predicted molar refractivity (Wildman–Crippen MR) is 162 cm³/mol. The first-order chi connectivity index (χ1) is 20.4. The number of aromatic nitrogens is 4. The molecule has 2 N–H and O–H groups in total. The fourth-order valence-electron chi connectivity index (χ4n) is 5.11. The van der Waals surface area contributed by atoms with E-state index in [0.29, 0.717) is 58.0 Å². The first-order valence-electron chi connectivity index (χ1n) is 13.4. The number of nitrogens with one attached hydrogen (secondary N) is 2. The summed E-state index contributed by atoms with van der Waals surface area (Å²) >= 11 is 13.9. The number of ether oxygens (including phenoxy) is 1. The molecular formula is C31H26Cl2N6O3. The molecule has 0 aliphatic carbocycles. The number of nitrogens with zero attached hydrogens (tertiary/aromatic N) is 4. The molecule has 3 aromatic heterocycles. The van der Waals surface area contributed by atoms with Crippen molar-refractivity contribution in [1.82, 2.24) is 30.4 Å². The second-order valence-electron chi connectivity index (χ2n) is 9.98. The maximum absolute atomic E-state index is 11.5. The third kappa shape index (κ3) is 5.46. The molecule has 1 unspecified atom stereocenters. The Bertz CT molecular complexity index is 1820. The lowest BCUT2D eigenvalue weighted by molar-refractivity contribution is -0.119. The highest BCUT2D eigenvalue weighted by atomic mass is 35.5. The zero-order valence-corrected chi connectivity index (χ0v) is 24.1. The van der Waals surface area contributed by atoms with E-state index in [2.05, 4.69) is 20.7 Å². The van der Waals surface area contributed by atoms with Crippen LogP contribution in [0.1, 0.15) is 28.8 Å². The van der Waals surface area contributed by atoms with Crippen molar-refractivity contribution in [1.29, 1.82) is 0 Å². The molecular weight excluding hydrogens is 575 g/mol. The van der Waals surface area contributed by atoms with Gasteiger partial charge >= 0.3 is 0 Å². The molecule has 0 saturated carbocycles. The standard InChI is InChI=1S/C31H26Cl2N6O3/c1-42-31-19(14-34-15-21-9-11-27(41)36-21)8-10-25(37-31)24-6-2-4-22(28(24)32)23-5-3-7-26(29(23)33)39-16-20-12-18(17-40)13-35-30(20)38-39/h2-8,10,12-13,16-17,21,34H,9,11,14-15H2,1H3,(H,36,41). The summed E-state index contributed by atoms with van der Waals surface area (Å²) in [7, 11) is 1.59. The van der Waals surface area contributed by atoms with E-state index >= 15 is 0 Å². The molecule has 1 fully saturated rings. The molecule has 212 valence electrons. The highest BCUT2D eigenvalue weighted by Crippen LogP contribution is 2.41.